The van der Waals surface area contributed by atoms with Gasteiger partial charge in [0, 0.05) is 44.0 Å². The van der Waals surface area contributed by atoms with Crippen LogP contribution in [0, 0.1) is 17.2 Å². The van der Waals surface area contributed by atoms with Crippen LogP contribution >= 0.6 is 0 Å². The third kappa shape index (κ3) is 7.79. The van der Waals surface area contributed by atoms with Crippen molar-refractivity contribution in [3.8, 4) is 5.75 Å². The summed E-state index contributed by atoms with van der Waals surface area (Å²) < 4.78 is 15.3. The monoisotopic (exact) mass is 580 g/mol. The topological polar surface area (TPSA) is 115 Å². The summed E-state index contributed by atoms with van der Waals surface area (Å²) in [4.78, 5) is 36.5. The number of aromatic amines is 1. The molecule has 3 atom stereocenters. The Balaban J connectivity index is 1.62. The van der Waals surface area contributed by atoms with Crippen molar-refractivity contribution in [2.24, 2.45) is 16.3 Å². The lowest BCUT2D eigenvalue weighted by Gasteiger charge is -2.36. The van der Waals surface area contributed by atoms with Crippen molar-refractivity contribution in [3.63, 3.8) is 0 Å². The molecular formula is C32H45FN6O3. The lowest BCUT2D eigenvalue weighted by Crippen LogP contribution is -2.53. The summed E-state index contributed by atoms with van der Waals surface area (Å²) in [5.41, 5.74) is 0.666. The number of aromatic hydroxyl groups is 1. The van der Waals surface area contributed by atoms with Crippen molar-refractivity contribution in [3.05, 3.63) is 68.6 Å². The molecule has 0 aliphatic carbocycles. The van der Waals surface area contributed by atoms with Crippen LogP contribution in [0.25, 0.3) is 10.9 Å². The number of guanidine groups is 1. The average Bonchev–Trinajstić information content (AvgIpc) is 2.90. The minimum atomic E-state index is -0.578. The number of fused-ring (bicyclic) bond motifs is 1. The van der Waals surface area contributed by atoms with Gasteiger partial charge in [-0.3, -0.25) is 9.36 Å². The van der Waals surface area contributed by atoms with Gasteiger partial charge in [-0.1, -0.05) is 40.7 Å². The van der Waals surface area contributed by atoms with Crippen LogP contribution < -0.4 is 21.9 Å². The smallest absolute Gasteiger partial charge is 0.328 e. The standard InChI is InChI=1S/C32H45FN6O3/c1-7-27(20(2)18-32(4,5)6)36-30(38-15-13-34-21(3)19-38)35-23-9-11-25-28(16-23)37-31(42)39(29(25)41)14-12-22-8-10-24(40)17-26(22)33/h8-11,16-17,20-21,27,34,40H,7,12-15,18-19H2,1-6H3,(H,35,36)(H,37,42). The fourth-order valence-corrected chi connectivity index (χ4v) is 5.83. The molecule has 0 bridgehead atoms. The van der Waals surface area contributed by atoms with Crippen LogP contribution in [0.5, 0.6) is 5.75 Å². The molecule has 1 saturated heterocycles. The van der Waals surface area contributed by atoms with Crippen LogP contribution in [0.2, 0.25) is 0 Å². The summed E-state index contributed by atoms with van der Waals surface area (Å²) in [5, 5.41) is 16.8. The number of phenols is 1. The molecule has 1 aliphatic heterocycles. The Morgan fingerprint density at radius 2 is 1.98 bits per heavy atom. The zero-order valence-electron chi connectivity index (χ0n) is 25.6. The number of hydrogen-bond acceptors (Lipinski definition) is 5. The Bertz CT molecular complexity index is 1540. The number of rotatable bonds is 8. The summed E-state index contributed by atoms with van der Waals surface area (Å²) >= 11 is 0. The van der Waals surface area contributed by atoms with Gasteiger partial charge >= 0.3 is 5.69 Å². The predicted molar refractivity (Wildman–Crippen MR) is 168 cm³/mol. The number of halogens is 1. The van der Waals surface area contributed by atoms with Gasteiger partial charge in [0.15, 0.2) is 5.96 Å². The van der Waals surface area contributed by atoms with Crippen molar-refractivity contribution < 1.29 is 9.50 Å². The maximum Gasteiger partial charge on any atom is 0.328 e. The molecule has 0 saturated carbocycles. The van der Waals surface area contributed by atoms with Gasteiger partial charge in [-0.05, 0) is 67.3 Å². The Morgan fingerprint density at radius 1 is 1.21 bits per heavy atom. The van der Waals surface area contributed by atoms with Crippen molar-refractivity contribution in [2.45, 2.75) is 79.4 Å². The van der Waals surface area contributed by atoms with E-state index in [1.807, 2.05) is 6.07 Å². The SMILES string of the molecule is CCC(N=C(Nc1ccc2c(=O)n(CCc3ccc(O)cc3F)c(=O)[nH]c2c1)N1CCNC(C)C1)C(C)CC(C)(C)C. The normalized spacial score (nSPS) is 17.8. The molecule has 2 aromatic carbocycles. The van der Waals surface area contributed by atoms with Crippen LogP contribution in [-0.4, -0.2) is 57.2 Å². The molecule has 0 amide bonds. The first-order chi connectivity index (χ1) is 19.8. The number of H-pyrrole nitrogens is 1. The van der Waals surface area contributed by atoms with E-state index < -0.39 is 17.1 Å². The minimum Gasteiger partial charge on any atom is -0.508 e. The van der Waals surface area contributed by atoms with E-state index in [9.17, 15) is 19.1 Å². The van der Waals surface area contributed by atoms with Crippen molar-refractivity contribution in [2.75, 3.05) is 25.0 Å². The highest BCUT2D eigenvalue weighted by molar-refractivity contribution is 5.96. The number of anilines is 1. The van der Waals surface area contributed by atoms with Gasteiger partial charge in [0.05, 0.1) is 16.9 Å². The maximum atomic E-state index is 14.2. The van der Waals surface area contributed by atoms with Crippen molar-refractivity contribution in [1.82, 2.24) is 19.8 Å². The Kier molecular flexibility index (Phi) is 9.76. The van der Waals surface area contributed by atoms with Gasteiger partial charge < -0.3 is 25.6 Å². The molecule has 10 heteroatoms. The summed E-state index contributed by atoms with van der Waals surface area (Å²) in [6.45, 7) is 15.9. The molecule has 0 radical (unpaired) electrons. The number of aliphatic imine (C=N–C) groups is 1. The minimum absolute atomic E-state index is 0.00887. The van der Waals surface area contributed by atoms with Crippen LogP contribution in [0.15, 0.2) is 51.0 Å². The van der Waals surface area contributed by atoms with Gasteiger partial charge in [0.2, 0.25) is 0 Å². The van der Waals surface area contributed by atoms with E-state index in [2.05, 4.69) is 62.1 Å². The average molecular weight is 581 g/mol. The zero-order chi connectivity index (χ0) is 30.6. The van der Waals surface area contributed by atoms with Gasteiger partial charge in [0.1, 0.15) is 11.6 Å². The van der Waals surface area contributed by atoms with E-state index >= 15 is 0 Å². The Morgan fingerprint density at radius 3 is 2.64 bits per heavy atom. The number of aryl methyl sites for hydroxylation is 1. The van der Waals surface area contributed by atoms with Crippen LogP contribution in [-0.2, 0) is 13.0 Å². The molecule has 228 valence electrons. The summed E-state index contributed by atoms with van der Waals surface area (Å²) in [7, 11) is 0. The van der Waals surface area contributed by atoms with E-state index in [4.69, 9.17) is 4.99 Å². The number of phenolic OH excluding ortho intramolecular Hbond substituents is 1. The molecular weight excluding hydrogens is 535 g/mol. The van der Waals surface area contributed by atoms with E-state index in [-0.39, 0.29) is 30.2 Å². The molecule has 4 rings (SSSR count). The van der Waals surface area contributed by atoms with Gasteiger partial charge in [-0.2, -0.15) is 0 Å². The van der Waals surface area contributed by atoms with E-state index in [1.165, 1.54) is 12.1 Å². The van der Waals surface area contributed by atoms with E-state index in [0.717, 1.165) is 54.8 Å². The van der Waals surface area contributed by atoms with E-state index in [1.54, 1.807) is 12.1 Å². The summed E-state index contributed by atoms with van der Waals surface area (Å²) in [6, 6.07) is 9.60. The third-order valence-corrected chi connectivity index (χ3v) is 7.85. The number of aromatic nitrogens is 2. The van der Waals surface area contributed by atoms with Crippen molar-refractivity contribution in [1.29, 1.82) is 0 Å². The number of piperazine rings is 1. The Hall–Kier alpha value is -3.66. The molecule has 1 fully saturated rings. The molecule has 3 unspecified atom stereocenters. The quantitative estimate of drug-likeness (QED) is 0.227. The summed E-state index contributed by atoms with van der Waals surface area (Å²) in [5.74, 6) is 0.437. The fourth-order valence-electron chi connectivity index (χ4n) is 5.83. The first kappa shape index (κ1) is 31.3. The molecule has 9 nitrogen and oxygen atoms in total. The first-order valence-electron chi connectivity index (χ1n) is 14.9. The lowest BCUT2D eigenvalue weighted by molar-refractivity contribution is 0.269. The molecule has 42 heavy (non-hydrogen) atoms. The molecule has 4 N–H and O–H groups in total. The highest BCUT2D eigenvalue weighted by Crippen LogP contribution is 2.29. The molecule has 1 aromatic heterocycles. The third-order valence-electron chi connectivity index (χ3n) is 7.85. The second-order valence-electron chi connectivity index (χ2n) is 12.8. The fraction of sp³-hybridized carbons (Fsp3) is 0.531. The molecule has 0 spiro atoms. The Labute approximate surface area is 246 Å². The predicted octanol–water partition coefficient (Wildman–Crippen LogP) is 4.69. The highest BCUT2D eigenvalue weighted by atomic mass is 19.1. The molecule has 1 aliphatic rings. The molecule has 2 heterocycles. The first-order valence-corrected chi connectivity index (χ1v) is 14.9. The summed E-state index contributed by atoms with van der Waals surface area (Å²) in [6.07, 6.45) is 2.11. The maximum absolute atomic E-state index is 14.2. The number of nitrogens with one attached hydrogen (secondary N) is 3. The molecule has 3 aromatic rings. The van der Waals surface area contributed by atoms with Crippen molar-refractivity contribution >= 4 is 22.5 Å². The lowest BCUT2D eigenvalue weighted by atomic mass is 9.82. The van der Waals surface area contributed by atoms with Crippen LogP contribution in [0.4, 0.5) is 10.1 Å². The number of benzene rings is 2. The largest absolute Gasteiger partial charge is 0.508 e. The number of hydrogen-bond donors (Lipinski definition) is 4. The van der Waals surface area contributed by atoms with Gasteiger partial charge in [-0.15, -0.1) is 0 Å². The van der Waals surface area contributed by atoms with Gasteiger partial charge in [0.25, 0.3) is 5.56 Å². The second kappa shape index (κ2) is 13.1. The van der Waals surface area contributed by atoms with Crippen LogP contribution in [0.1, 0.15) is 59.9 Å². The second-order valence-corrected chi connectivity index (χ2v) is 12.8. The zero-order valence-corrected chi connectivity index (χ0v) is 25.6. The highest BCUT2D eigenvalue weighted by Gasteiger charge is 2.25. The van der Waals surface area contributed by atoms with E-state index in [0.29, 0.717) is 28.4 Å². The van der Waals surface area contributed by atoms with Gasteiger partial charge in [-0.25, -0.2) is 14.2 Å². The van der Waals surface area contributed by atoms with Crippen LogP contribution in [0.3, 0.4) is 0 Å². The number of nitrogens with zero attached hydrogens (tertiary/aromatic N) is 3.